The summed E-state index contributed by atoms with van der Waals surface area (Å²) in [5, 5.41) is 0. The van der Waals surface area contributed by atoms with Gasteiger partial charge in [-0.05, 0) is 57.0 Å². The van der Waals surface area contributed by atoms with Crippen molar-refractivity contribution in [2.45, 2.75) is 45.1 Å². The van der Waals surface area contributed by atoms with E-state index in [1.165, 1.54) is 12.0 Å². The smallest absolute Gasteiger partial charge is 0.163 e. The summed E-state index contributed by atoms with van der Waals surface area (Å²) < 4.78 is 6.23. The third kappa shape index (κ3) is 3.29. The Labute approximate surface area is 127 Å². The number of carbonyl (C=O) groups is 1. The van der Waals surface area contributed by atoms with Crippen molar-refractivity contribution < 1.29 is 9.53 Å². The number of hydrogen-bond acceptors (Lipinski definition) is 3. The highest BCUT2D eigenvalue weighted by Crippen LogP contribution is 2.28. The summed E-state index contributed by atoms with van der Waals surface area (Å²) in [6, 6.07) is 6.09. The van der Waals surface area contributed by atoms with Gasteiger partial charge >= 0.3 is 0 Å². The summed E-state index contributed by atoms with van der Waals surface area (Å²) in [4.78, 5) is 14.4. The summed E-state index contributed by atoms with van der Waals surface area (Å²) in [6.07, 6.45) is 5.21. The molecule has 3 rings (SSSR count). The molecule has 1 saturated heterocycles. The number of likely N-dealkylation sites (tertiary alicyclic amines) is 1. The van der Waals surface area contributed by atoms with Crippen LogP contribution >= 0.6 is 0 Å². The van der Waals surface area contributed by atoms with Gasteiger partial charge in [0.05, 0.1) is 0 Å². The van der Waals surface area contributed by atoms with Crippen LogP contribution in [0.2, 0.25) is 0 Å². The minimum Gasteiger partial charge on any atom is -0.490 e. The first-order valence-electron chi connectivity index (χ1n) is 8.15. The Morgan fingerprint density at radius 3 is 2.95 bits per heavy atom. The number of benzene rings is 1. The molecule has 1 aliphatic heterocycles. The minimum atomic E-state index is 0.256. The number of aryl methyl sites for hydroxylation is 1. The van der Waals surface area contributed by atoms with E-state index in [0.717, 1.165) is 43.7 Å². The average Bonchev–Trinajstić information content (AvgIpc) is 2.61. The minimum absolute atomic E-state index is 0.256. The second kappa shape index (κ2) is 6.18. The van der Waals surface area contributed by atoms with Crippen LogP contribution in [0.4, 0.5) is 0 Å². The van der Waals surface area contributed by atoms with Gasteiger partial charge in [-0.15, -0.1) is 0 Å². The number of nitrogens with zero attached hydrogens (tertiary/aromatic N) is 1. The molecule has 3 heteroatoms. The zero-order valence-corrected chi connectivity index (χ0v) is 13.1. The van der Waals surface area contributed by atoms with Crippen molar-refractivity contribution >= 4 is 5.78 Å². The third-order valence-electron chi connectivity index (χ3n) is 4.78. The van der Waals surface area contributed by atoms with E-state index in [9.17, 15) is 4.79 Å². The Bertz CT molecular complexity index is 526. The van der Waals surface area contributed by atoms with Gasteiger partial charge in [0.2, 0.25) is 0 Å². The number of fused-ring (bicyclic) bond motifs is 1. The number of rotatable bonds is 2. The first kappa shape index (κ1) is 14.6. The molecule has 1 aliphatic carbocycles. The molecule has 1 heterocycles. The van der Waals surface area contributed by atoms with Crippen molar-refractivity contribution in [1.29, 1.82) is 0 Å². The number of ketones is 1. The SMILES string of the molecule is CC1CN(C)CCCC1Oc1ccc2c(c1)C(=O)CCC2. The van der Waals surface area contributed by atoms with Crippen LogP contribution in [0.5, 0.6) is 5.75 Å². The molecule has 0 saturated carbocycles. The second-order valence-corrected chi connectivity index (χ2v) is 6.63. The lowest BCUT2D eigenvalue weighted by molar-refractivity contribution is 0.0970. The standard InChI is InChI=1S/C18H25NO2/c1-13-12-19(2)10-4-7-18(13)21-15-9-8-14-5-3-6-17(20)16(14)11-15/h8-9,11,13,18H,3-7,10,12H2,1-2H3. The Balaban J connectivity index is 1.75. The lowest BCUT2D eigenvalue weighted by Gasteiger charge is -2.25. The van der Waals surface area contributed by atoms with Crippen molar-refractivity contribution in [1.82, 2.24) is 4.90 Å². The monoisotopic (exact) mass is 287 g/mol. The van der Waals surface area contributed by atoms with Crippen LogP contribution in [-0.2, 0) is 6.42 Å². The van der Waals surface area contributed by atoms with Crippen molar-refractivity contribution in [3.05, 3.63) is 29.3 Å². The zero-order chi connectivity index (χ0) is 14.8. The van der Waals surface area contributed by atoms with Gasteiger partial charge in [0.15, 0.2) is 5.78 Å². The summed E-state index contributed by atoms with van der Waals surface area (Å²) in [5.74, 6) is 1.66. The van der Waals surface area contributed by atoms with Gasteiger partial charge in [-0.3, -0.25) is 4.79 Å². The molecule has 0 spiro atoms. The predicted molar refractivity (Wildman–Crippen MR) is 84.0 cm³/mol. The van der Waals surface area contributed by atoms with Gasteiger partial charge in [0.25, 0.3) is 0 Å². The number of Topliss-reactive ketones (excluding diaryl/α,β-unsaturated/α-hetero) is 1. The zero-order valence-electron chi connectivity index (χ0n) is 13.1. The Kier molecular flexibility index (Phi) is 4.29. The molecule has 0 N–H and O–H groups in total. The van der Waals surface area contributed by atoms with Gasteiger partial charge < -0.3 is 9.64 Å². The molecule has 0 aromatic heterocycles. The lowest BCUT2D eigenvalue weighted by Crippen LogP contribution is -2.30. The predicted octanol–water partition coefficient (Wildman–Crippen LogP) is 3.31. The number of hydrogen-bond donors (Lipinski definition) is 0. The highest BCUT2D eigenvalue weighted by Gasteiger charge is 2.25. The second-order valence-electron chi connectivity index (χ2n) is 6.63. The maximum absolute atomic E-state index is 12.0. The molecule has 0 amide bonds. The van der Waals surface area contributed by atoms with E-state index in [-0.39, 0.29) is 11.9 Å². The van der Waals surface area contributed by atoms with Crippen molar-refractivity contribution in [3.8, 4) is 5.75 Å². The van der Waals surface area contributed by atoms with Crippen molar-refractivity contribution in [3.63, 3.8) is 0 Å². The maximum Gasteiger partial charge on any atom is 0.163 e. The fourth-order valence-electron chi connectivity index (χ4n) is 3.58. The summed E-state index contributed by atoms with van der Waals surface area (Å²) >= 11 is 0. The van der Waals surface area contributed by atoms with Crippen LogP contribution in [-0.4, -0.2) is 36.9 Å². The van der Waals surface area contributed by atoms with Crippen LogP contribution < -0.4 is 4.74 Å². The van der Waals surface area contributed by atoms with E-state index in [0.29, 0.717) is 12.3 Å². The Hall–Kier alpha value is -1.35. The molecule has 3 nitrogen and oxygen atoms in total. The molecule has 1 fully saturated rings. The first-order chi connectivity index (χ1) is 10.1. The molecule has 2 unspecified atom stereocenters. The molecule has 2 aliphatic rings. The third-order valence-corrected chi connectivity index (χ3v) is 4.78. The van der Waals surface area contributed by atoms with E-state index in [1.807, 2.05) is 12.1 Å². The summed E-state index contributed by atoms with van der Waals surface area (Å²) in [6.45, 7) is 4.48. The molecule has 21 heavy (non-hydrogen) atoms. The Morgan fingerprint density at radius 2 is 2.10 bits per heavy atom. The molecule has 1 aromatic rings. The van der Waals surface area contributed by atoms with Gasteiger partial charge in [0.1, 0.15) is 11.9 Å². The van der Waals surface area contributed by atoms with E-state index < -0.39 is 0 Å². The van der Waals surface area contributed by atoms with Gasteiger partial charge in [-0.2, -0.15) is 0 Å². The van der Waals surface area contributed by atoms with Gasteiger partial charge in [-0.25, -0.2) is 0 Å². The molecule has 2 atom stereocenters. The number of ether oxygens (including phenoxy) is 1. The fourth-order valence-corrected chi connectivity index (χ4v) is 3.58. The van der Waals surface area contributed by atoms with E-state index >= 15 is 0 Å². The normalized spacial score (nSPS) is 27.0. The largest absolute Gasteiger partial charge is 0.490 e. The molecular weight excluding hydrogens is 262 g/mol. The summed E-state index contributed by atoms with van der Waals surface area (Å²) in [5.41, 5.74) is 2.07. The van der Waals surface area contributed by atoms with E-state index in [1.54, 1.807) is 0 Å². The van der Waals surface area contributed by atoms with Crippen molar-refractivity contribution in [2.75, 3.05) is 20.1 Å². The highest BCUT2D eigenvalue weighted by atomic mass is 16.5. The van der Waals surface area contributed by atoms with Gasteiger partial charge in [-0.1, -0.05) is 13.0 Å². The van der Waals surface area contributed by atoms with Crippen LogP contribution in [0.15, 0.2) is 18.2 Å². The fraction of sp³-hybridized carbons (Fsp3) is 0.611. The maximum atomic E-state index is 12.0. The van der Waals surface area contributed by atoms with Gasteiger partial charge in [0, 0.05) is 24.4 Å². The van der Waals surface area contributed by atoms with Crippen molar-refractivity contribution in [2.24, 2.45) is 5.92 Å². The molecule has 1 aromatic carbocycles. The van der Waals surface area contributed by atoms with Crippen LogP contribution in [0.1, 0.15) is 48.5 Å². The highest BCUT2D eigenvalue weighted by molar-refractivity contribution is 5.98. The van der Waals surface area contributed by atoms with Crippen LogP contribution in [0.3, 0.4) is 0 Å². The molecule has 0 bridgehead atoms. The first-order valence-corrected chi connectivity index (χ1v) is 8.15. The van der Waals surface area contributed by atoms with E-state index in [4.69, 9.17) is 4.74 Å². The van der Waals surface area contributed by atoms with Crippen LogP contribution in [0.25, 0.3) is 0 Å². The average molecular weight is 287 g/mol. The topological polar surface area (TPSA) is 29.5 Å². The molecular formula is C18H25NO2. The van der Waals surface area contributed by atoms with E-state index in [2.05, 4.69) is 24.9 Å². The molecule has 0 radical (unpaired) electrons. The number of carbonyl (C=O) groups excluding carboxylic acids is 1. The summed E-state index contributed by atoms with van der Waals surface area (Å²) in [7, 11) is 2.18. The molecule has 114 valence electrons. The Morgan fingerprint density at radius 1 is 1.24 bits per heavy atom. The lowest BCUT2D eigenvalue weighted by atomic mass is 9.90. The van der Waals surface area contributed by atoms with Crippen LogP contribution in [0, 0.1) is 5.92 Å². The quantitative estimate of drug-likeness (QED) is 0.835.